The fourth-order valence-corrected chi connectivity index (χ4v) is 5.07. The Labute approximate surface area is 237 Å². The Morgan fingerprint density at radius 3 is 1.93 bits per heavy atom. The predicted molar refractivity (Wildman–Crippen MR) is 153 cm³/mol. The first kappa shape index (κ1) is 29.9. The maximum Gasteiger partial charge on any atom is 0.186 e. The number of methoxy groups -OCH3 is 3. The standard InChI is InChI=1S/C33H40O7/c1-5-20-33(36-4)29(24-37-21-27-16-18-28(34-2)19-17-27)40-32(35-3)30(38-22-25-12-8-6-9-13-25)31(33)39-23-26-14-10-7-11-15-26/h5-19,29-32H,1,20-24H2,2-4H3/t29-,30-,31-,32+,33+/m1/s1. The predicted octanol–water partition coefficient (Wildman–Crippen LogP) is 5.72. The molecule has 40 heavy (non-hydrogen) atoms. The average Bonchev–Trinajstić information content (AvgIpc) is 3.01. The summed E-state index contributed by atoms with van der Waals surface area (Å²) in [6, 6.07) is 27.8. The van der Waals surface area contributed by atoms with Crippen LogP contribution in [0.25, 0.3) is 0 Å². The Kier molecular flexibility index (Phi) is 11.3. The SMILES string of the molecule is C=CC[C@@]1(OC)[C@H](OCc2ccccc2)[C@@H](OCc2ccccc2)[C@@H](OC)O[C@@H]1COCc1ccc(OC)cc1. The molecular formula is C33H40O7. The highest BCUT2D eigenvalue weighted by Gasteiger charge is 2.58. The number of rotatable bonds is 15. The summed E-state index contributed by atoms with van der Waals surface area (Å²) in [6.45, 7) is 5.41. The minimum absolute atomic E-state index is 0.254. The molecule has 0 unspecified atom stereocenters. The van der Waals surface area contributed by atoms with Gasteiger partial charge in [0.15, 0.2) is 6.29 Å². The highest BCUT2D eigenvalue weighted by Crippen LogP contribution is 2.40. The number of ether oxygens (including phenoxy) is 7. The Morgan fingerprint density at radius 1 is 0.775 bits per heavy atom. The second-order valence-electron chi connectivity index (χ2n) is 9.72. The van der Waals surface area contributed by atoms with Gasteiger partial charge in [0.25, 0.3) is 0 Å². The largest absolute Gasteiger partial charge is 0.497 e. The minimum atomic E-state index is -0.938. The van der Waals surface area contributed by atoms with E-state index in [1.807, 2.05) is 91.0 Å². The molecule has 1 fully saturated rings. The van der Waals surface area contributed by atoms with Crippen molar-refractivity contribution in [1.82, 2.24) is 0 Å². The Hall–Kier alpha value is -3.04. The quantitative estimate of drug-likeness (QED) is 0.225. The molecule has 1 aliphatic rings. The summed E-state index contributed by atoms with van der Waals surface area (Å²) in [4.78, 5) is 0. The fraction of sp³-hybridized carbons (Fsp3) is 0.394. The smallest absolute Gasteiger partial charge is 0.186 e. The zero-order valence-electron chi connectivity index (χ0n) is 23.6. The van der Waals surface area contributed by atoms with Gasteiger partial charge in [-0.2, -0.15) is 0 Å². The second kappa shape index (κ2) is 15.1. The van der Waals surface area contributed by atoms with Crippen LogP contribution < -0.4 is 4.74 Å². The van der Waals surface area contributed by atoms with E-state index in [-0.39, 0.29) is 6.61 Å². The van der Waals surface area contributed by atoms with E-state index in [0.717, 1.165) is 22.4 Å². The molecule has 0 spiro atoms. The van der Waals surface area contributed by atoms with Crippen molar-refractivity contribution in [2.24, 2.45) is 0 Å². The summed E-state index contributed by atoms with van der Waals surface area (Å²) < 4.78 is 43.2. The summed E-state index contributed by atoms with van der Waals surface area (Å²) in [6.07, 6.45) is -0.0624. The van der Waals surface area contributed by atoms with E-state index in [4.69, 9.17) is 33.2 Å². The van der Waals surface area contributed by atoms with Gasteiger partial charge in [0.2, 0.25) is 0 Å². The third kappa shape index (κ3) is 7.37. The Bertz CT molecular complexity index is 1140. The lowest BCUT2D eigenvalue weighted by molar-refractivity contribution is -0.349. The molecular weight excluding hydrogens is 508 g/mol. The highest BCUT2D eigenvalue weighted by molar-refractivity contribution is 5.26. The molecule has 1 aliphatic heterocycles. The van der Waals surface area contributed by atoms with Crippen molar-refractivity contribution >= 4 is 0 Å². The van der Waals surface area contributed by atoms with Crippen molar-refractivity contribution in [3.05, 3.63) is 114 Å². The van der Waals surface area contributed by atoms with Gasteiger partial charge in [-0.05, 0) is 35.2 Å². The Morgan fingerprint density at radius 2 is 1.38 bits per heavy atom. The van der Waals surface area contributed by atoms with Crippen molar-refractivity contribution in [3.8, 4) is 5.75 Å². The summed E-state index contributed by atoms with van der Waals surface area (Å²) >= 11 is 0. The van der Waals surface area contributed by atoms with Crippen LogP contribution in [0, 0.1) is 0 Å². The van der Waals surface area contributed by atoms with E-state index >= 15 is 0 Å². The molecule has 1 heterocycles. The van der Waals surface area contributed by atoms with Crippen molar-refractivity contribution in [2.75, 3.05) is 27.9 Å². The topological polar surface area (TPSA) is 64.6 Å². The highest BCUT2D eigenvalue weighted by atomic mass is 16.7. The molecule has 3 aromatic rings. The molecule has 0 aromatic heterocycles. The van der Waals surface area contributed by atoms with Gasteiger partial charge in [-0.25, -0.2) is 0 Å². The third-order valence-electron chi connectivity index (χ3n) is 7.22. The number of benzene rings is 3. The maximum absolute atomic E-state index is 6.65. The second-order valence-corrected chi connectivity index (χ2v) is 9.72. The van der Waals surface area contributed by atoms with Crippen molar-refractivity contribution in [1.29, 1.82) is 0 Å². The van der Waals surface area contributed by atoms with Crippen LogP contribution in [0.5, 0.6) is 5.75 Å². The maximum atomic E-state index is 6.65. The van der Waals surface area contributed by atoms with E-state index in [2.05, 4.69) is 6.58 Å². The van der Waals surface area contributed by atoms with Crippen LogP contribution in [0.1, 0.15) is 23.1 Å². The van der Waals surface area contributed by atoms with Crippen molar-refractivity contribution < 1.29 is 33.2 Å². The van der Waals surface area contributed by atoms with E-state index in [9.17, 15) is 0 Å². The molecule has 3 aromatic carbocycles. The lowest BCUT2D eigenvalue weighted by Crippen LogP contribution is -2.69. The third-order valence-corrected chi connectivity index (χ3v) is 7.22. The van der Waals surface area contributed by atoms with Crippen LogP contribution in [0.4, 0.5) is 0 Å². The van der Waals surface area contributed by atoms with E-state index < -0.39 is 30.2 Å². The lowest BCUT2D eigenvalue weighted by atomic mass is 9.80. The van der Waals surface area contributed by atoms with E-state index in [1.165, 1.54) is 0 Å². The van der Waals surface area contributed by atoms with Gasteiger partial charge < -0.3 is 33.2 Å². The molecule has 0 radical (unpaired) electrons. The van der Waals surface area contributed by atoms with Crippen LogP contribution in [0.2, 0.25) is 0 Å². The number of hydrogen-bond donors (Lipinski definition) is 0. The summed E-state index contributed by atoms with van der Waals surface area (Å²) in [5.41, 5.74) is 2.16. The van der Waals surface area contributed by atoms with Gasteiger partial charge in [-0.3, -0.25) is 0 Å². The molecule has 7 nitrogen and oxygen atoms in total. The summed E-state index contributed by atoms with van der Waals surface area (Å²) in [5, 5.41) is 0. The van der Waals surface area contributed by atoms with Gasteiger partial charge in [-0.15, -0.1) is 6.58 Å². The zero-order valence-corrected chi connectivity index (χ0v) is 23.6. The first-order valence-electron chi connectivity index (χ1n) is 13.5. The lowest BCUT2D eigenvalue weighted by Gasteiger charge is -2.52. The molecule has 0 amide bonds. The van der Waals surface area contributed by atoms with Crippen LogP contribution in [0.3, 0.4) is 0 Å². The fourth-order valence-electron chi connectivity index (χ4n) is 5.07. The monoisotopic (exact) mass is 548 g/mol. The van der Waals surface area contributed by atoms with Gasteiger partial charge in [0.1, 0.15) is 29.7 Å². The van der Waals surface area contributed by atoms with Crippen LogP contribution >= 0.6 is 0 Å². The molecule has 0 N–H and O–H groups in total. The molecule has 4 rings (SSSR count). The summed E-state index contributed by atoms with van der Waals surface area (Å²) in [7, 11) is 4.93. The van der Waals surface area contributed by atoms with Gasteiger partial charge in [0.05, 0.1) is 33.5 Å². The van der Waals surface area contributed by atoms with Crippen molar-refractivity contribution in [2.45, 2.75) is 56.4 Å². The van der Waals surface area contributed by atoms with E-state index in [0.29, 0.717) is 26.2 Å². The molecule has 0 bridgehead atoms. The molecule has 0 aliphatic carbocycles. The molecule has 5 atom stereocenters. The number of hydrogen-bond acceptors (Lipinski definition) is 7. The Balaban J connectivity index is 1.59. The molecule has 0 saturated carbocycles. The molecule has 214 valence electrons. The minimum Gasteiger partial charge on any atom is -0.497 e. The average molecular weight is 549 g/mol. The zero-order chi connectivity index (χ0) is 28.2. The first-order valence-corrected chi connectivity index (χ1v) is 13.5. The van der Waals surface area contributed by atoms with Gasteiger partial charge in [-0.1, -0.05) is 78.9 Å². The van der Waals surface area contributed by atoms with Crippen LogP contribution in [-0.2, 0) is 48.2 Å². The van der Waals surface area contributed by atoms with Crippen molar-refractivity contribution in [3.63, 3.8) is 0 Å². The summed E-state index contributed by atoms with van der Waals surface area (Å²) in [5.74, 6) is 0.798. The van der Waals surface area contributed by atoms with Gasteiger partial charge in [0, 0.05) is 14.2 Å². The molecule has 7 heteroatoms. The molecule has 1 saturated heterocycles. The van der Waals surface area contributed by atoms with Crippen LogP contribution in [0.15, 0.2) is 97.6 Å². The van der Waals surface area contributed by atoms with Crippen LogP contribution in [-0.4, -0.2) is 58.1 Å². The van der Waals surface area contributed by atoms with E-state index in [1.54, 1.807) is 21.3 Å². The first-order chi connectivity index (χ1) is 19.6. The normalized spacial score (nSPS) is 24.5. The van der Waals surface area contributed by atoms with Gasteiger partial charge >= 0.3 is 0 Å².